The molecule has 4 nitrogen and oxygen atoms in total. The van der Waals surface area contributed by atoms with Crippen molar-refractivity contribution in [1.82, 2.24) is 4.90 Å². The van der Waals surface area contributed by atoms with Crippen molar-refractivity contribution >= 4 is 11.6 Å². The van der Waals surface area contributed by atoms with Gasteiger partial charge in [0.2, 0.25) is 5.91 Å². The van der Waals surface area contributed by atoms with Crippen LogP contribution in [0.2, 0.25) is 0 Å². The van der Waals surface area contributed by atoms with Gasteiger partial charge in [-0.05, 0) is 43.6 Å². The second-order valence-corrected chi connectivity index (χ2v) is 5.91. The first-order valence-electron chi connectivity index (χ1n) is 7.49. The molecule has 108 valence electrons. The summed E-state index contributed by atoms with van der Waals surface area (Å²) in [5.41, 5.74) is 2.24. The second kappa shape index (κ2) is 5.94. The highest BCUT2D eigenvalue weighted by atomic mass is 16.3. The van der Waals surface area contributed by atoms with Crippen LogP contribution in [0.15, 0.2) is 24.3 Å². The van der Waals surface area contributed by atoms with Crippen LogP contribution in [-0.2, 0) is 11.3 Å². The summed E-state index contributed by atoms with van der Waals surface area (Å²) in [5, 5.41) is 9.21. The van der Waals surface area contributed by atoms with E-state index >= 15 is 0 Å². The molecule has 1 N–H and O–H groups in total. The molecule has 1 amide bonds. The van der Waals surface area contributed by atoms with Crippen molar-refractivity contribution in [1.29, 1.82) is 0 Å². The molecule has 1 atom stereocenters. The number of carbonyl (C=O) groups is 1. The number of carbonyl (C=O) groups excluding carboxylic acids is 1. The molecule has 1 aromatic carbocycles. The van der Waals surface area contributed by atoms with Crippen molar-refractivity contribution in [3.63, 3.8) is 0 Å². The third-order valence-corrected chi connectivity index (χ3v) is 4.29. The minimum absolute atomic E-state index is 0.0877. The number of nitrogens with zero attached hydrogens (tertiary/aromatic N) is 2. The molecule has 0 radical (unpaired) electrons. The number of benzene rings is 1. The Kier molecular flexibility index (Phi) is 4.03. The summed E-state index contributed by atoms with van der Waals surface area (Å²) in [7, 11) is 0. The Morgan fingerprint density at radius 1 is 1.25 bits per heavy atom. The molecule has 0 aromatic heterocycles. The first-order chi connectivity index (χ1) is 9.76. The van der Waals surface area contributed by atoms with E-state index in [9.17, 15) is 9.90 Å². The lowest BCUT2D eigenvalue weighted by molar-refractivity contribution is -0.117. The van der Waals surface area contributed by atoms with E-state index in [2.05, 4.69) is 17.0 Å². The van der Waals surface area contributed by atoms with Crippen molar-refractivity contribution in [2.75, 3.05) is 31.1 Å². The van der Waals surface area contributed by atoms with Crippen molar-refractivity contribution in [3.8, 4) is 0 Å². The number of hydrogen-bond acceptors (Lipinski definition) is 3. The van der Waals surface area contributed by atoms with Gasteiger partial charge >= 0.3 is 0 Å². The smallest absolute Gasteiger partial charge is 0.227 e. The minimum atomic E-state index is 0.0877. The Hall–Kier alpha value is -1.39. The summed E-state index contributed by atoms with van der Waals surface area (Å²) >= 11 is 0. The molecule has 2 aliphatic heterocycles. The van der Waals surface area contributed by atoms with Gasteiger partial charge in [0, 0.05) is 37.7 Å². The van der Waals surface area contributed by atoms with Crippen molar-refractivity contribution in [2.24, 2.45) is 5.92 Å². The van der Waals surface area contributed by atoms with E-state index in [4.69, 9.17) is 0 Å². The molecule has 2 aliphatic rings. The van der Waals surface area contributed by atoms with Gasteiger partial charge < -0.3 is 10.0 Å². The molecule has 1 aromatic rings. The van der Waals surface area contributed by atoms with Gasteiger partial charge in [-0.2, -0.15) is 0 Å². The highest BCUT2D eigenvalue weighted by Gasteiger charge is 2.30. The largest absolute Gasteiger partial charge is 0.396 e. The van der Waals surface area contributed by atoms with Gasteiger partial charge in [0.25, 0.3) is 0 Å². The Morgan fingerprint density at radius 3 is 2.75 bits per heavy atom. The molecule has 0 aliphatic carbocycles. The molecule has 2 heterocycles. The van der Waals surface area contributed by atoms with Gasteiger partial charge in [-0.1, -0.05) is 12.1 Å². The van der Waals surface area contributed by atoms with E-state index in [-0.39, 0.29) is 18.4 Å². The van der Waals surface area contributed by atoms with E-state index in [0.29, 0.717) is 13.0 Å². The topological polar surface area (TPSA) is 43.8 Å². The van der Waals surface area contributed by atoms with E-state index in [0.717, 1.165) is 12.2 Å². The maximum Gasteiger partial charge on any atom is 0.227 e. The highest BCUT2D eigenvalue weighted by Crippen LogP contribution is 2.26. The fourth-order valence-corrected chi connectivity index (χ4v) is 3.18. The second-order valence-electron chi connectivity index (χ2n) is 5.91. The van der Waals surface area contributed by atoms with Gasteiger partial charge in [0.05, 0.1) is 0 Å². The van der Waals surface area contributed by atoms with E-state index in [1.54, 1.807) is 0 Å². The molecule has 4 heteroatoms. The van der Waals surface area contributed by atoms with Gasteiger partial charge in [0.1, 0.15) is 0 Å². The molecule has 0 spiro atoms. The summed E-state index contributed by atoms with van der Waals surface area (Å²) in [6.07, 6.45) is 3.05. The van der Waals surface area contributed by atoms with E-state index in [1.165, 1.54) is 31.5 Å². The molecule has 2 fully saturated rings. The lowest BCUT2D eigenvalue weighted by atomic mass is 10.1. The number of rotatable bonds is 4. The molecule has 2 saturated heterocycles. The summed E-state index contributed by atoms with van der Waals surface area (Å²) in [4.78, 5) is 16.3. The monoisotopic (exact) mass is 274 g/mol. The number of aliphatic hydroxyl groups excluding tert-OH is 1. The van der Waals surface area contributed by atoms with Crippen LogP contribution in [0, 0.1) is 5.92 Å². The summed E-state index contributed by atoms with van der Waals surface area (Å²) in [5.74, 6) is 0.215. The molecule has 1 unspecified atom stereocenters. The van der Waals surface area contributed by atoms with Crippen LogP contribution in [0.1, 0.15) is 24.8 Å². The molecule has 3 rings (SSSR count). The fourth-order valence-electron chi connectivity index (χ4n) is 3.18. The Morgan fingerprint density at radius 2 is 2.05 bits per heavy atom. The predicted molar refractivity (Wildman–Crippen MR) is 78.5 cm³/mol. The Labute approximate surface area is 120 Å². The zero-order chi connectivity index (χ0) is 13.9. The first-order valence-corrected chi connectivity index (χ1v) is 7.49. The normalized spacial score (nSPS) is 23.8. The maximum atomic E-state index is 12.0. The van der Waals surface area contributed by atoms with E-state index < -0.39 is 0 Å². The van der Waals surface area contributed by atoms with Crippen molar-refractivity contribution in [2.45, 2.75) is 25.8 Å². The van der Waals surface area contributed by atoms with Crippen LogP contribution >= 0.6 is 0 Å². The molecular formula is C16H22N2O2. The average molecular weight is 274 g/mol. The van der Waals surface area contributed by atoms with Crippen LogP contribution in [0.4, 0.5) is 5.69 Å². The lowest BCUT2D eigenvalue weighted by Crippen LogP contribution is -2.25. The zero-order valence-electron chi connectivity index (χ0n) is 11.8. The molecule has 0 saturated carbocycles. The van der Waals surface area contributed by atoms with Crippen LogP contribution in [-0.4, -0.2) is 42.2 Å². The number of likely N-dealkylation sites (tertiary alicyclic amines) is 1. The SMILES string of the molecule is O=C1CC(CO)CN1c1cccc(CN2CCCC2)c1. The number of hydrogen-bond donors (Lipinski definition) is 1. The Balaban J connectivity index is 1.72. The Bertz CT molecular complexity index is 483. The maximum absolute atomic E-state index is 12.0. The third-order valence-electron chi connectivity index (χ3n) is 4.29. The molecule has 20 heavy (non-hydrogen) atoms. The quantitative estimate of drug-likeness (QED) is 0.907. The van der Waals surface area contributed by atoms with Gasteiger partial charge in [-0.3, -0.25) is 9.69 Å². The van der Waals surface area contributed by atoms with Crippen LogP contribution in [0.25, 0.3) is 0 Å². The number of aliphatic hydroxyl groups is 1. The summed E-state index contributed by atoms with van der Waals surface area (Å²) in [6, 6.07) is 8.27. The van der Waals surface area contributed by atoms with Gasteiger partial charge in [0.15, 0.2) is 0 Å². The van der Waals surface area contributed by atoms with Crippen LogP contribution in [0.5, 0.6) is 0 Å². The fraction of sp³-hybridized carbons (Fsp3) is 0.562. The number of anilines is 1. The van der Waals surface area contributed by atoms with Crippen LogP contribution < -0.4 is 4.90 Å². The third kappa shape index (κ3) is 2.86. The molecule has 0 bridgehead atoms. The number of amides is 1. The zero-order valence-corrected chi connectivity index (χ0v) is 11.8. The summed E-state index contributed by atoms with van der Waals surface area (Å²) in [6.45, 7) is 4.07. The van der Waals surface area contributed by atoms with Crippen molar-refractivity contribution in [3.05, 3.63) is 29.8 Å². The van der Waals surface area contributed by atoms with Crippen molar-refractivity contribution < 1.29 is 9.90 Å². The summed E-state index contributed by atoms with van der Waals surface area (Å²) < 4.78 is 0. The van der Waals surface area contributed by atoms with E-state index in [1.807, 2.05) is 17.0 Å². The lowest BCUT2D eigenvalue weighted by Gasteiger charge is -2.19. The van der Waals surface area contributed by atoms with Gasteiger partial charge in [-0.25, -0.2) is 0 Å². The first kappa shape index (κ1) is 13.6. The standard InChI is InChI=1S/C16H22N2O2/c19-12-14-9-16(20)18(11-14)15-5-3-4-13(8-15)10-17-6-1-2-7-17/h3-5,8,14,19H,1-2,6-7,9-12H2. The molecular weight excluding hydrogens is 252 g/mol. The predicted octanol–water partition coefficient (Wildman–Crippen LogP) is 1.63. The minimum Gasteiger partial charge on any atom is -0.396 e. The highest BCUT2D eigenvalue weighted by molar-refractivity contribution is 5.95. The average Bonchev–Trinajstić information content (AvgIpc) is 3.08. The van der Waals surface area contributed by atoms with Crippen LogP contribution in [0.3, 0.4) is 0 Å². The van der Waals surface area contributed by atoms with Gasteiger partial charge in [-0.15, -0.1) is 0 Å².